The number of rotatable bonds is 3. The van der Waals surface area contributed by atoms with Gasteiger partial charge in [-0.3, -0.25) is 14.7 Å². The number of carbonyl (C=O) groups is 2. The van der Waals surface area contributed by atoms with Gasteiger partial charge < -0.3 is 10.1 Å². The first-order valence-electron chi connectivity index (χ1n) is 9.01. The monoisotopic (exact) mass is 345 g/mol. The maximum absolute atomic E-state index is 12.9. The lowest BCUT2D eigenvalue weighted by Gasteiger charge is -2.29. The first-order valence-corrected chi connectivity index (χ1v) is 9.01. The lowest BCUT2D eigenvalue weighted by atomic mass is 9.93. The van der Waals surface area contributed by atoms with Gasteiger partial charge in [0.2, 0.25) is 5.91 Å². The number of aromatic nitrogens is 1. The van der Waals surface area contributed by atoms with Crippen LogP contribution < -0.4 is 5.32 Å². The summed E-state index contributed by atoms with van der Waals surface area (Å²) in [6.45, 7) is 6.57. The summed E-state index contributed by atoms with van der Waals surface area (Å²) in [5, 5.41) is 2.97. The highest BCUT2D eigenvalue weighted by molar-refractivity contribution is 5.86. The van der Waals surface area contributed by atoms with Gasteiger partial charge >= 0.3 is 6.09 Å². The Bertz CT molecular complexity index is 627. The van der Waals surface area contributed by atoms with E-state index in [-0.39, 0.29) is 17.9 Å². The van der Waals surface area contributed by atoms with Crippen LogP contribution in [0.3, 0.4) is 0 Å². The zero-order valence-electron chi connectivity index (χ0n) is 15.2. The van der Waals surface area contributed by atoms with Crippen molar-refractivity contribution < 1.29 is 14.3 Å². The average molecular weight is 345 g/mol. The van der Waals surface area contributed by atoms with Gasteiger partial charge in [-0.2, -0.15) is 0 Å². The molecule has 1 saturated heterocycles. The van der Waals surface area contributed by atoms with Gasteiger partial charge in [0.05, 0.1) is 0 Å². The molecule has 6 nitrogen and oxygen atoms in total. The van der Waals surface area contributed by atoms with Crippen molar-refractivity contribution in [2.75, 3.05) is 6.54 Å². The van der Waals surface area contributed by atoms with E-state index in [0.29, 0.717) is 19.0 Å². The molecule has 1 aliphatic heterocycles. The summed E-state index contributed by atoms with van der Waals surface area (Å²) >= 11 is 0. The van der Waals surface area contributed by atoms with Crippen molar-refractivity contribution in [2.24, 2.45) is 11.8 Å². The largest absolute Gasteiger partial charge is 0.444 e. The standard InChI is InChI=1S/C19H27N3O3/c1-19(2,3)25-18(24)22-12-14-7-4-8-15(14)16(22)17(23)21-11-13-6-5-9-20-10-13/h5-6,9-10,14-16H,4,7-8,11-12H2,1-3H3,(H,21,23)/t14?,15?,16-/m0/s1. The third-order valence-electron chi connectivity index (χ3n) is 4.98. The molecule has 0 aromatic carbocycles. The molecule has 0 bridgehead atoms. The second kappa shape index (κ2) is 7.02. The summed E-state index contributed by atoms with van der Waals surface area (Å²) in [6, 6.07) is 3.34. The van der Waals surface area contributed by atoms with Gasteiger partial charge in [0.25, 0.3) is 0 Å². The number of amides is 2. The highest BCUT2D eigenvalue weighted by atomic mass is 16.6. The van der Waals surface area contributed by atoms with Crippen LogP contribution in [0.5, 0.6) is 0 Å². The molecule has 0 radical (unpaired) electrons. The number of pyridine rings is 1. The molecule has 3 atom stereocenters. The molecule has 136 valence electrons. The van der Waals surface area contributed by atoms with E-state index in [1.165, 1.54) is 0 Å². The summed E-state index contributed by atoms with van der Waals surface area (Å²) in [4.78, 5) is 31.2. The molecule has 2 amide bonds. The first kappa shape index (κ1) is 17.7. The molecule has 2 unspecified atom stereocenters. The minimum absolute atomic E-state index is 0.0934. The topological polar surface area (TPSA) is 71.5 Å². The molecule has 1 aromatic rings. The molecule has 2 fully saturated rings. The van der Waals surface area contributed by atoms with Crippen molar-refractivity contribution in [3.8, 4) is 0 Å². The number of hydrogen-bond donors (Lipinski definition) is 1. The number of nitrogens with one attached hydrogen (secondary N) is 1. The van der Waals surface area contributed by atoms with Crippen LogP contribution in [0, 0.1) is 11.8 Å². The fourth-order valence-corrected chi connectivity index (χ4v) is 3.95. The summed E-state index contributed by atoms with van der Waals surface area (Å²) in [5.41, 5.74) is 0.381. The molecule has 0 spiro atoms. The number of carbonyl (C=O) groups excluding carboxylic acids is 2. The fraction of sp³-hybridized carbons (Fsp3) is 0.632. The minimum Gasteiger partial charge on any atom is -0.444 e. The van der Waals surface area contributed by atoms with E-state index in [4.69, 9.17) is 4.74 Å². The Balaban J connectivity index is 1.70. The number of likely N-dealkylation sites (tertiary alicyclic amines) is 1. The van der Waals surface area contributed by atoms with Crippen LogP contribution in [-0.4, -0.2) is 40.1 Å². The quantitative estimate of drug-likeness (QED) is 0.914. The molecule has 2 aliphatic rings. The molecule has 1 N–H and O–H groups in total. The van der Waals surface area contributed by atoms with Gasteiger partial charge in [-0.05, 0) is 57.1 Å². The number of ether oxygens (including phenoxy) is 1. The predicted molar refractivity (Wildman–Crippen MR) is 93.6 cm³/mol. The van der Waals surface area contributed by atoms with E-state index in [2.05, 4.69) is 10.3 Å². The summed E-state index contributed by atoms with van der Waals surface area (Å²) in [7, 11) is 0. The SMILES string of the molecule is CC(C)(C)OC(=O)N1CC2CCCC2[C@H]1C(=O)NCc1cccnc1. The minimum atomic E-state index is -0.564. The lowest BCUT2D eigenvalue weighted by molar-refractivity contribution is -0.126. The van der Waals surface area contributed by atoms with Crippen molar-refractivity contribution in [3.05, 3.63) is 30.1 Å². The van der Waals surface area contributed by atoms with Gasteiger partial charge in [-0.15, -0.1) is 0 Å². The molecule has 1 saturated carbocycles. The zero-order valence-corrected chi connectivity index (χ0v) is 15.2. The van der Waals surface area contributed by atoms with Gasteiger partial charge in [0, 0.05) is 25.5 Å². The Hall–Kier alpha value is -2.11. The highest BCUT2D eigenvalue weighted by Gasteiger charge is 2.50. The second-order valence-electron chi connectivity index (χ2n) is 8.01. The van der Waals surface area contributed by atoms with Gasteiger partial charge in [0.1, 0.15) is 11.6 Å². The molecule has 1 aromatic heterocycles. The fourth-order valence-electron chi connectivity index (χ4n) is 3.95. The van der Waals surface area contributed by atoms with Crippen LogP contribution in [0.15, 0.2) is 24.5 Å². The van der Waals surface area contributed by atoms with E-state index in [9.17, 15) is 9.59 Å². The van der Waals surface area contributed by atoms with Crippen LogP contribution in [0.25, 0.3) is 0 Å². The Morgan fingerprint density at radius 3 is 2.84 bits per heavy atom. The molecule has 2 heterocycles. The zero-order chi connectivity index (χ0) is 18.0. The van der Waals surface area contributed by atoms with Gasteiger partial charge in [-0.25, -0.2) is 4.79 Å². The first-order chi connectivity index (χ1) is 11.8. The Morgan fingerprint density at radius 1 is 1.36 bits per heavy atom. The van der Waals surface area contributed by atoms with Crippen LogP contribution in [0.2, 0.25) is 0 Å². The number of hydrogen-bond acceptors (Lipinski definition) is 4. The second-order valence-corrected chi connectivity index (χ2v) is 8.01. The molecule has 6 heteroatoms. The molecular formula is C19H27N3O3. The van der Waals surface area contributed by atoms with E-state index in [0.717, 1.165) is 24.8 Å². The van der Waals surface area contributed by atoms with Gasteiger partial charge in [-0.1, -0.05) is 12.5 Å². The van der Waals surface area contributed by atoms with Crippen LogP contribution in [-0.2, 0) is 16.1 Å². The van der Waals surface area contributed by atoms with Crippen molar-refractivity contribution in [3.63, 3.8) is 0 Å². The molecule has 3 rings (SSSR count). The lowest BCUT2D eigenvalue weighted by Crippen LogP contribution is -2.49. The van der Waals surface area contributed by atoms with E-state index < -0.39 is 11.6 Å². The van der Waals surface area contributed by atoms with Crippen molar-refractivity contribution in [1.82, 2.24) is 15.2 Å². The predicted octanol–water partition coefficient (Wildman–Crippen LogP) is 2.73. The van der Waals surface area contributed by atoms with Crippen LogP contribution >= 0.6 is 0 Å². The third kappa shape index (κ3) is 4.11. The molecule has 25 heavy (non-hydrogen) atoms. The summed E-state index contributed by atoms with van der Waals surface area (Å²) < 4.78 is 5.53. The molecule has 1 aliphatic carbocycles. The van der Waals surface area contributed by atoms with E-state index >= 15 is 0 Å². The third-order valence-corrected chi connectivity index (χ3v) is 4.98. The Kier molecular flexibility index (Phi) is 4.97. The van der Waals surface area contributed by atoms with Crippen molar-refractivity contribution in [1.29, 1.82) is 0 Å². The van der Waals surface area contributed by atoms with E-state index in [1.807, 2.05) is 32.9 Å². The Morgan fingerprint density at radius 2 is 2.16 bits per heavy atom. The normalized spacial score (nSPS) is 25.6. The van der Waals surface area contributed by atoms with Crippen LogP contribution in [0.1, 0.15) is 45.6 Å². The maximum atomic E-state index is 12.9. The molecular weight excluding hydrogens is 318 g/mol. The highest BCUT2D eigenvalue weighted by Crippen LogP contribution is 2.42. The van der Waals surface area contributed by atoms with Crippen molar-refractivity contribution >= 4 is 12.0 Å². The van der Waals surface area contributed by atoms with Crippen molar-refractivity contribution in [2.45, 2.75) is 58.2 Å². The van der Waals surface area contributed by atoms with Gasteiger partial charge in [0.15, 0.2) is 0 Å². The average Bonchev–Trinajstić information content (AvgIpc) is 3.12. The summed E-state index contributed by atoms with van der Waals surface area (Å²) in [6.07, 6.45) is 6.26. The number of nitrogens with zero attached hydrogens (tertiary/aromatic N) is 2. The maximum Gasteiger partial charge on any atom is 0.410 e. The smallest absolute Gasteiger partial charge is 0.410 e. The van der Waals surface area contributed by atoms with E-state index in [1.54, 1.807) is 17.3 Å². The Labute approximate surface area is 148 Å². The van der Waals surface area contributed by atoms with Crippen LogP contribution in [0.4, 0.5) is 4.79 Å². The number of fused-ring (bicyclic) bond motifs is 1. The summed E-state index contributed by atoms with van der Waals surface area (Å²) in [5.74, 6) is 0.548.